The summed E-state index contributed by atoms with van der Waals surface area (Å²) in [5.74, 6) is -1.23. The molecule has 2 N–H and O–H groups in total. The molecule has 40 heavy (non-hydrogen) atoms. The van der Waals surface area contributed by atoms with E-state index in [0.717, 1.165) is 28.7 Å². The van der Waals surface area contributed by atoms with Gasteiger partial charge in [0.2, 0.25) is 0 Å². The molecule has 0 aliphatic carbocycles. The second kappa shape index (κ2) is 15.2. The minimum atomic E-state index is -0.665. The fraction of sp³-hybridized carbons (Fsp3) is 0.353. The van der Waals surface area contributed by atoms with Gasteiger partial charge in [0.1, 0.15) is 11.5 Å². The molecule has 0 amide bonds. The summed E-state index contributed by atoms with van der Waals surface area (Å²) >= 11 is 0. The fourth-order valence-corrected chi connectivity index (χ4v) is 4.40. The van der Waals surface area contributed by atoms with Gasteiger partial charge in [-0.05, 0) is 71.7 Å². The number of rotatable bonds is 14. The van der Waals surface area contributed by atoms with E-state index in [-0.39, 0.29) is 43.1 Å². The molecule has 6 heteroatoms. The van der Waals surface area contributed by atoms with Crippen molar-refractivity contribution in [3.05, 3.63) is 83.9 Å². The maximum atomic E-state index is 12.5. The van der Waals surface area contributed by atoms with Gasteiger partial charge in [-0.2, -0.15) is 0 Å². The van der Waals surface area contributed by atoms with E-state index >= 15 is 0 Å². The van der Waals surface area contributed by atoms with E-state index in [4.69, 9.17) is 14.6 Å². The first-order valence-electron chi connectivity index (χ1n) is 13.9. The fourth-order valence-electron chi connectivity index (χ4n) is 4.40. The van der Waals surface area contributed by atoms with Gasteiger partial charge in [0, 0.05) is 31.3 Å². The van der Waals surface area contributed by atoms with Crippen molar-refractivity contribution >= 4 is 11.9 Å². The Labute approximate surface area is 237 Å². The Hall–Kier alpha value is -3.74. The highest BCUT2D eigenvalue weighted by atomic mass is 16.5. The molecule has 212 valence electrons. The summed E-state index contributed by atoms with van der Waals surface area (Å²) in [5.41, 5.74) is 6.39. The number of aryl methyl sites for hydroxylation is 2. The number of hydrogen-bond donors (Lipinski definition) is 2. The maximum Gasteiger partial charge on any atom is 0.338 e. The molecule has 3 rings (SSSR count). The van der Waals surface area contributed by atoms with Crippen LogP contribution in [0.15, 0.2) is 72.8 Å². The predicted octanol–water partition coefficient (Wildman–Crippen LogP) is 6.83. The first-order chi connectivity index (χ1) is 19.2. The van der Waals surface area contributed by atoms with E-state index in [0.29, 0.717) is 5.56 Å². The van der Waals surface area contributed by atoms with Gasteiger partial charge in [-0.3, -0.25) is 4.79 Å². The maximum absolute atomic E-state index is 12.5. The molecule has 3 aromatic rings. The number of ether oxygens (including phenoxy) is 2. The van der Waals surface area contributed by atoms with Crippen LogP contribution in [-0.4, -0.2) is 35.4 Å². The number of esters is 2. The third kappa shape index (κ3) is 8.63. The van der Waals surface area contributed by atoms with Gasteiger partial charge in [-0.25, -0.2) is 4.79 Å². The Morgan fingerprint density at radius 1 is 0.850 bits per heavy atom. The van der Waals surface area contributed by atoms with Crippen molar-refractivity contribution in [3.8, 4) is 33.8 Å². The van der Waals surface area contributed by atoms with Crippen molar-refractivity contribution in [2.45, 2.75) is 59.3 Å². The van der Waals surface area contributed by atoms with Crippen LogP contribution in [0.25, 0.3) is 22.3 Å². The van der Waals surface area contributed by atoms with Crippen molar-refractivity contribution in [1.29, 1.82) is 0 Å². The summed E-state index contributed by atoms with van der Waals surface area (Å²) in [6.07, 6.45) is 5.11. The van der Waals surface area contributed by atoms with Crippen molar-refractivity contribution in [1.82, 2.24) is 0 Å². The molecular weight excluding hydrogens is 504 g/mol. The number of carbonyl (C=O) groups is 2. The highest BCUT2D eigenvalue weighted by Crippen LogP contribution is 2.34. The minimum Gasteiger partial charge on any atom is -0.426 e. The summed E-state index contributed by atoms with van der Waals surface area (Å²) in [6.45, 7) is 9.27. The lowest BCUT2D eigenvalue weighted by molar-refractivity contribution is -0.138. The summed E-state index contributed by atoms with van der Waals surface area (Å²) in [7, 11) is 0. The Morgan fingerprint density at radius 2 is 1.52 bits per heavy atom. The highest BCUT2D eigenvalue weighted by Gasteiger charge is 2.18. The summed E-state index contributed by atoms with van der Waals surface area (Å²) in [4.78, 5) is 25.0. The van der Waals surface area contributed by atoms with Crippen LogP contribution in [0.3, 0.4) is 0 Å². The number of aliphatic hydroxyl groups excluding tert-OH is 2. The van der Waals surface area contributed by atoms with Gasteiger partial charge in [0.15, 0.2) is 0 Å². The van der Waals surface area contributed by atoms with E-state index in [2.05, 4.69) is 49.9 Å². The van der Waals surface area contributed by atoms with E-state index in [1.807, 2.05) is 13.0 Å². The Morgan fingerprint density at radius 3 is 2.15 bits per heavy atom. The molecule has 0 heterocycles. The molecular formula is C34H40O6. The zero-order chi connectivity index (χ0) is 29.1. The van der Waals surface area contributed by atoms with Crippen molar-refractivity contribution in [2.24, 2.45) is 5.92 Å². The first-order valence-corrected chi connectivity index (χ1v) is 13.9. The monoisotopic (exact) mass is 544 g/mol. The highest BCUT2D eigenvalue weighted by molar-refractivity contribution is 5.90. The molecule has 1 unspecified atom stereocenters. The lowest BCUT2D eigenvalue weighted by atomic mass is 9.94. The van der Waals surface area contributed by atoms with Crippen LogP contribution in [0.1, 0.15) is 57.1 Å². The molecule has 0 radical (unpaired) electrons. The molecule has 3 aromatic carbocycles. The molecule has 0 saturated heterocycles. The lowest BCUT2D eigenvalue weighted by Gasteiger charge is -2.15. The van der Waals surface area contributed by atoms with E-state index in [1.54, 1.807) is 19.1 Å². The molecule has 1 atom stereocenters. The van der Waals surface area contributed by atoms with Gasteiger partial charge in [0.05, 0.1) is 5.92 Å². The number of carbonyl (C=O) groups excluding carboxylic acids is 2. The molecule has 0 aliphatic heterocycles. The summed E-state index contributed by atoms with van der Waals surface area (Å²) < 4.78 is 11.1. The number of unbranched alkanes of at least 4 members (excludes halogenated alkanes) is 2. The van der Waals surface area contributed by atoms with Crippen molar-refractivity contribution in [2.75, 3.05) is 13.2 Å². The second-order valence-corrected chi connectivity index (χ2v) is 10.2. The average Bonchev–Trinajstić information content (AvgIpc) is 2.93. The number of benzene rings is 3. The van der Waals surface area contributed by atoms with E-state index < -0.39 is 17.9 Å². The van der Waals surface area contributed by atoms with Crippen molar-refractivity contribution < 1.29 is 29.3 Å². The molecule has 6 nitrogen and oxygen atoms in total. The molecule has 0 fully saturated rings. The topological polar surface area (TPSA) is 93.1 Å². The van der Waals surface area contributed by atoms with Gasteiger partial charge in [-0.1, -0.05) is 75.7 Å². The second-order valence-electron chi connectivity index (χ2n) is 10.2. The van der Waals surface area contributed by atoms with Crippen LogP contribution < -0.4 is 9.47 Å². The predicted molar refractivity (Wildman–Crippen MR) is 158 cm³/mol. The molecule has 0 saturated carbocycles. The average molecular weight is 545 g/mol. The van der Waals surface area contributed by atoms with Crippen LogP contribution in [-0.2, 0) is 16.0 Å². The van der Waals surface area contributed by atoms with E-state index in [9.17, 15) is 14.7 Å². The van der Waals surface area contributed by atoms with Gasteiger partial charge in [-0.15, -0.1) is 0 Å². The molecule has 0 aliphatic rings. The number of aliphatic hydroxyl groups is 2. The van der Waals surface area contributed by atoms with Crippen LogP contribution in [0.4, 0.5) is 0 Å². The summed E-state index contributed by atoms with van der Waals surface area (Å²) in [6, 6.07) is 19.7. The Kier molecular flexibility index (Phi) is 11.7. The molecule has 0 bridgehead atoms. The zero-order valence-corrected chi connectivity index (χ0v) is 23.7. The SMILES string of the molecule is C=C(CCO)C(=O)Oc1cc(OC(=O)C(C)CCO)cc(-c2ccc(-c3ccc(CCCCC)cc3)c(C)c2)c1. The third-order valence-corrected chi connectivity index (χ3v) is 6.87. The molecule has 0 spiro atoms. The van der Waals surface area contributed by atoms with Gasteiger partial charge < -0.3 is 19.7 Å². The number of hydrogen-bond acceptors (Lipinski definition) is 6. The zero-order valence-electron chi connectivity index (χ0n) is 23.7. The Balaban J connectivity index is 1.91. The van der Waals surface area contributed by atoms with Gasteiger partial charge >= 0.3 is 11.9 Å². The standard InChI is InChI=1S/C34H40O6/c1-5-6-7-8-26-9-11-27(12-10-26)32-14-13-28(19-25(32)4)29-20-30(39-33(37)23(2)15-17-35)22-31(21-29)40-34(38)24(3)16-18-36/h9-14,19-22,24,35-36H,2,5-8,15-18H2,1,3-4H3. The quantitative estimate of drug-likeness (QED) is 0.100. The third-order valence-electron chi connectivity index (χ3n) is 6.87. The molecule has 0 aromatic heterocycles. The minimum absolute atomic E-state index is 0.0966. The largest absolute Gasteiger partial charge is 0.426 e. The van der Waals surface area contributed by atoms with Gasteiger partial charge in [0.25, 0.3) is 0 Å². The lowest BCUT2D eigenvalue weighted by Crippen LogP contribution is -2.19. The van der Waals surface area contributed by atoms with Crippen LogP contribution in [0, 0.1) is 12.8 Å². The normalized spacial score (nSPS) is 11.6. The smallest absolute Gasteiger partial charge is 0.338 e. The van der Waals surface area contributed by atoms with Crippen molar-refractivity contribution in [3.63, 3.8) is 0 Å². The first kappa shape index (κ1) is 30.8. The van der Waals surface area contributed by atoms with Crippen LogP contribution in [0.5, 0.6) is 11.5 Å². The summed E-state index contributed by atoms with van der Waals surface area (Å²) in [5, 5.41) is 18.3. The Bertz CT molecular complexity index is 1310. The van der Waals surface area contributed by atoms with Crippen LogP contribution >= 0.6 is 0 Å². The van der Waals surface area contributed by atoms with Crippen LogP contribution in [0.2, 0.25) is 0 Å². The van der Waals surface area contributed by atoms with E-state index in [1.165, 1.54) is 30.9 Å².